The molecule has 0 unspecified atom stereocenters. The fourth-order valence-corrected chi connectivity index (χ4v) is 2.60. The molecular formula is C21H15ClF2N2O. The third-order valence-corrected chi connectivity index (χ3v) is 4.08. The average Bonchev–Trinajstić information content (AvgIpc) is 2.67. The molecule has 0 saturated heterocycles. The number of hydrogen-bond acceptors (Lipinski definition) is 2. The number of rotatable bonds is 5. The topological polar surface area (TPSA) is 42.0 Å². The van der Waals surface area contributed by atoms with Gasteiger partial charge in [0.2, 0.25) is 5.91 Å². The number of carbonyl (C=O) groups excluding carboxylic acids is 1. The lowest BCUT2D eigenvalue weighted by Gasteiger charge is -2.06. The number of carbonyl (C=O) groups is 1. The molecule has 3 aromatic rings. The highest BCUT2D eigenvalue weighted by molar-refractivity contribution is 6.29. The van der Waals surface area contributed by atoms with Gasteiger partial charge in [-0.05, 0) is 47.5 Å². The van der Waals surface area contributed by atoms with E-state index < -0.39 is 17.5 Å². The zero-order valence-corrected chi connectivity index (χ0v) is 14.9. The van der Waals surface area contributed by atoms with E-state index in [0.717, 1.165) is 41.0 Å². The molecule has 27 heavy (non-hydrogen) atoms. The molecule has 6 heteroatoms. The zero-order valence-electron chi connectivity index (χ0n) is 14.1. The molecule has 1 heterocycles. The van der Waals surface area contributed by atoms with Crippen molar-refractivity contribution in [3.05, 3.63) is 94.8 Å². The molecule has 0 saturated carbocycles. The Hall–Kier alpha value is -3.05. The highest BCUT2D eigenvalue weighted by Gasteiger charge is 2.06. The third-order valence-electron chi connectivity index (χ3n) is 3.86. The van der Waals surface area contributed by atoms with Crippen LogP contribution in [-0.4, -0.2) is 10.9 Å². The van der Waals surface area contributed by atoms with Crippen LogP contribution in [0.5, 0.6) is 0 Å². The van der Waals surface area contributed by atoms with Crippen LogP contribution in [0.3, 0.4) is 0 Å². The van der Waals surface area contributed by atoms with E-state index >= 15 is 0 Å². The molecule has 3 rings (SSSR count). The molecule has 0 radical (unpaired) electrons. The van der Waals surface area contributed by atoms with E-state index in [1.807, 2.05) is 30.3 Å². The molecule has 0 aliphatic heterocycles. The van der Waals surface area contributed by atoms with Gasteiger partial charge in [0.25, 0.3) is 0 Å². The summed E-state index contributed by atoms with van der Waals surface area (Å²) < 4.78 is 27.1. The van der Waals surface area contributed by atoms with Crippen molar-refractivity contribution in [1.29, 1.82) is 0 Å². The second-order valence-electron chi connectivity index (χ2n) is 5.76. The number of pyridine rings is 1. The fraction of sp³-hybridized carbons (Fsp3) is 0.0476. The number of nitrogens with one attached hydrogen (secondary N) is 1. The Labute approximate surface area is 160 Å². The zero-order chi connectivity index (χ0) is 19.2. The highest BCUT2D eigenvalue weighted by Crippen LogP contribution is 2.21. The molecule has 1 amide bonds. The first-order valence-corrected chi connectivity index (χ1v) is 8.51. The Balaban J connectivity index is 1.64. The predicted octanol–water partition coefficient (Wildman–Crippen LogP) is 5.01. The van der Waals surface area contributed by atoms with Gasteiger partial charge < -0.3 is 5.32 Å². The number of hydrogen-bond donors (Lipinski definition) is 1. The Morgan fingerprint density at radius 1 is 1.04 bits per heavy atom. The molecule has 0 spiro atoms. The number of halogens is 3. The highest BCUT2D eigenvalue weighted by atomic mass is 35.5. The summed E-state index contributed by atoms with van der Waals surface area (Å²) in [6.07, 6.45) is 3.90. The van der Waals surface area contributed by atoms with Crippen LogP contribution in [0.1, 0.15) is 11.1 Å². The van der Waals surface area contributed by atoms with E-state index in [1.54, 1.807) is 12.3 Å². The lowest BCUT2D eigenvalue weighted by Crippen LogP contribution is -2.20. The minimum absolute atomic E-state index is 0.245. The maximum Gasteiger partial charge on any atom is 0.244 e. The van der Waals surface area contributed by atoms with Crippen molar-refractivity contribution in [2.45, 2.75) is 6.54 Å². The van der Waals surface area contributed by atoms with E-state index in [1.165, 1.54) is 6.07 Å². The monoisotopic (exact) mass is 384 g/mol. The van der Waals surface area contributed by atoms with Gasteiger partial charge in [0.15, 0.2) is 0 Å². The first-order chi connectivity index (χ1) is 13.0. The van der Waals surface area contributed by atoms with Crippen molar-refractivity contribution in [3.63, 3.8) is 0 Å². The molecule has 0 aliphatic carbocycles. The number of nitrogens with zero attached hydrogens (tertiary/aromatic N) is 1. The van der Waals surface area contributed by atoms with E-state index in [0.29, 0.717) is 5.15 Å². The van der Waals surface area contributed by atoms with Gasteiger partial charge in [-0.2, -0.15) is 0 Å². The van der Waals surface area contributed by atoms with Gasteiger partial charge in [-0.15, -0.1) is 0 Å². The minimum Gasteiger partial charge on any atom is -0.348 e. The molecule has 136 valence electrons. The van der Waals surface area contributed by atoms with Gasteiger partial charge in [0, 0.05) is 29.9 Å². The van der Waals surface area contributed by atoms with Gasteiger partial charge in [0.05, 0.1) is 0 Å². The molecule has 0 aliphatic rings. The first kappa shape index (κ1) is 18.7. The van der Waals surface area contributed by atoms with Gasteiger partial charge >= 0.3 is 0 Å². The lowest BCUT2D eigenvalue weighted by atomic mass is 10.0. The van der Waals surface area contributed by atoms with E-state index in [2.05, 4.69) is 10.3 Å². The molecule has 1 N–H and O–H groups in total. The summed E-state index contributed by atoms with van der Waals surface area (Å²) in [7, 11) is 0. The van der Waals surface area contributed by atoms with Gasteiger partial charge in [0.1, 0.15) is 16.8 Å². The smallest absolute Gasteiger partial charge is 0.244 e. The molecule has 2 aromatic carbocycles. The van der Waals surface area contributed by atoms with E-state index in [4.69, 9.17) is 11.6 Å². The second-order valence-corrected chi connectivity index (χ2v) is 6.14. The number of benzene rings is 2. The van der Waals surface area contributed by atoms with E-state index in [9.17, 15) is 13.6 Å². The van der Waals surface area contributed by atoms with Crippen LogP contribution in [-0.2, 0) is 11.3 Å². The van der Waals surface area contributed by atoms with Crippen LogP contribution < -0.4 is 5.32 Å². The summed E-state index contributed by atoms with van der Waals surface area (Å²) in [6.45, 7) is 0.276. The van der Waals surface area contributed by atoms with Crippen molar-refractivity contribution in [2.75, 3.05) is 0 Å². The Bertz CT molecular complexity index is 967. The SMILES string of the molecule is O=C(/C=C/c1c(F)cccc1F)NCc1cccc(-c2ccc(Cl)nc2)c1. The van der Waals surface area contributed by atoms with Crippen molar-refractivity contribution < 1.29 is 13.6 Å². The maximum atomic E-state index is 13.5. The van der Waals surface area contributed by atoms with Gasteiger partial charge in [-0.25, -0.2) is 13.8 Å². The first-order valence-electron chi connectivity index (χ1n) is 8.14. The van der Waals surface area contributed by atoms with Crippen LogP contribution in [0.25, 0.3) is 17.2 Å². The Morgan fingerprint density at radius 2 is 1.78 bits per heavy atom. The summed E-state index contributed by atoms with van der Waals surface area (Å²) >= 11 is 5.80. The van der Waals surface area contributed by atoms with Crippen LogP contribution in [0.15, 0.2) is 66.9 Å². The molecule has 0 bridgehead atoms. The van der Waals surface area contributed by atoms with E-state index in [-0.39, 0.29) is 12.1 Å². The quantitative estimate of drug-likeness (QED) is 0.496. The Kier molecular flexibility index (Phi) is 5.94. The summed E-state index contributed by atoms with van der Waals surface area (Å²) in [4.78, 5) is 16.0. The van der Waals surface area contributed by atoms with Crippen LogP contribution in [0, 0.1) is 11.6 Å². The molecule has 0 atom stereocenters. The predicted molar refractivity (Wildman–Crippen MR) is 102 cm³/mol. The minimum atomic E-state index is -0.719. The summed E-state index contributed by atoms with van der Waals surface area (Å²) in [5.74, 6) is -1.89. The van der Waals surface area contributed by atoms with Crippen molar-refractivity contribution in [3.8, 4) is 11.1 Å². The lowest BCUT2D eigenvalue weighted by molar-refractivity contribution is -0.116. The summed E-state index contributed by atoms with van der Waals surface area (Å²) in [5, 5.41) is 3.11. The maximum absolute atomic E-state index is 13.5. The van der Waals surface area contributed by atoms with Crippen LogP contribution in [0.2, 0.25) is 5.15 Å². The summed E-state index contributed by atoms with van der Waals surface area (Å²) in [5.41, 5.74) is 2.48. The van der Waals surface area contributed by atoms with Crippen LogP contribution in [0.4, 0.5) is 8.78 Å². The number of amides is 1. The standard InChI is InChI=1S/C21H15ClF2N2O/c22-20-9-7-16(13-25-20)15-4-1-3-14(11-15)12-26-21(27)10-8-17-18(23)5-2-6-19(17)24/h1-11,13H,12H2,(H,26,27)/b10-8+. The molecule has 3 nitrogen and oxygen atoms in total. The number of aromatic nitrogens is 1. The van der Waals surface area contributed by atoms with Crippen molar-refractivity contribution in [2.24, 2.45) is 0 Å². The third kappa shape index (κ3) is 4.99. The van der Waals surface area contributed by atoms with Crippen molar-refractivity contribution >= 4 is 23.6 Å². The van der Waals surface area contributed by atoms with Gasteiger partial charge in [-0.3, -0.25) is 4.79 Å². The molecular weight excluding hydrogens is 370 g/mol. The van der Waals surface area contributed by atoms with Crippen molar-refractivity contribution in [1.82, 2.24) is 10.3 Å². The molecule has 0 fully saturated rings. The van der Waals surface area contributed by atoms with Gasteiger partial charge in [-0.1, -0.05) is 35.9 Å². The second kappa shape index (κ2) is 8.56. The normalized spacial score (nSPS) is 10.9. The fourth-order valence-electron chi connectivity index (χ4n) is 2.48. The Morgan fingerprint density at radius 3 is 2.48 bits per heavy atom. The average molecular weight is 385 g/mol. The summed E-state index contributed by atoms with van der Waals surface area (Å²) in [6, 6.07) is 14.7. The largest absolute Gasteiger partial charge is 0.348 e. The molecule has 1 aromatic heterocycles. The van der Waals surface area contributed by atoms with Crippen LogP contribution >= 0.6 is 11.6 Å².